The van der Waals surface area contributed by atoms with E-state index in [1.165, 1.54) is 6.07 Å². The van der Waals surface area contributed by atoms with Gasteiger partial charge in [0.05, 0.1) is 0 Å². The molecule has 3 rings (SSSR count). The van der Waals surface area contributed by atoms with E-state index in [-0.39, 0.29) is 17.8 Å². The molecule has 0 unspecified atom stereocenters. The molecular formula is C19H22FN3O. The Labute approximate surface area is 141 Å². The SMILES string of the molecule is CNC(=O)c1cccc([C@@H]2CNCCN2Cc2cccc(F)c2)c1. The van der Waals surface area contributed by atoms with Crippen molar-refractivity contribution in [3.63, 3.8) is 0 Å². The van der Waals surface area contributed by atoms with Crippen molar-refractivity contribution in [3.05, 3.63) is 71.0 Å². The zero-order chi connectivity index (χ0) is 16.9. The first-order valence-electron chi connectivity index (χ1n) is 8.18. The molecule has 24 heavy (non-hydrogen) atoms. The van der Waals surface area contributed by atoms with Gasteiger partial charge in [-0.1, -0.05) is 24.3 Å². The molecule has 1 atom stereocenters. The third-order valence-corrected chi connectivity index (χ3v) is 4.39. The number of piperazine rings is 1. The van der Waals surface area contributed by atoms with Crippen LogP contribution < -0.4 is 10.6 Å². The van der Waals surface area contributed by atoms with Crippen molar-refractivity contribution in [2.24, 2.45) is 0 Å². The molecule has 0 aliphatic carbocycles. The van der Waals surface area contributed by atoms with E-state index in [2.05, 4.69) is 15.5 Å². The molecule has 2 aromatic carbocycles. The number of halogens is 1. The van der Waals surface area contributed by atoms with Gasteiger partial charge in [0.15, 0.2) is 0 Å². The predicted octanol–water partition coefficient (Wildman–Crippen LogP) is 2.33. The lowest BCUT2D eigenvalue weighted by molar-refractivity contribution is 0.0962. The van der Waals surface area contributed by atoms with Gasteiger partial charge in [-0.15, -0.1) is 0 Å². The van der Waals surface area contributed by atoms with Crippen LogP contribution in [0.3, 0.4) is 0 Å². The smallest absolute Gasteiger partial charge is 0.251 e. The maximum atomic E-state index is 13.4. The Morgan fingerprint density at radius 3 is 2.92 bits per heavy atom. The summed E-state index contributed by atoms with van der Waals surface area (Å²) in [5.74, 6) is -0.293. The Balaban J connectivity index is 1.83. The maximum Gasteiger partial charge on any atom is 0.251 e. The molecule has 1 aliphatic rings. The van der Waals surface area contributed by atoms with Crippen LogP contribution in [-0.4, -0.2) is 37.5 Å². The van der Waals surface area contributed by atoms with Gasteiger partial charge in [-0.3, -0.25) is 9.69 Å². The van der Waals surface area contributed by atoms with Crippen molar-refractivity contribution in [2.45, 2.75) is 12.6 Å². The van der Waals surface area contributed by atoms with Gasteiger partial charge in [0.25, 0.3) is 5.91 Å². The third kappa shape index (κ3) is 3.80. The number of hydrogen-bond donors (Lipinski definition) is 2. The van der Waals surface area contributed by atoms with Crippen LogP contribution >= 0.6 is 0 Å². The number of benzene rings is 2. The molecule has 2 N–H and O–H groups in total. The van der Waals surface area contributed by atoms with Crippen LogP contribution in [0.25, 0.3) is 0 Å². The van der Waals surface area contributed by atoms with Crippen molar-refractivity contribution >= 4 is 5.91 Å². The summed E-state index contributed by atoms with van der Waals surface area (Å²) in [5.41, 5.74) is 2.72. The van der Waals surface area contributed by atoms with Crippen LogP contribution in [0.15, 0.2) is 48.5 Å². The lowest BCUT2D eigenvalue weighted by Crippen LogP contribution is -2.45. The monoisotopic (exact) mass is 327 g/mol. The number of carbonyl (C=O) groups is 1. The molecule has 1 heterocycles. The molecule has 0 spiro atoms. The fourth-order valence-electron chi connectivity index (χ4n) is 3.17. The van der Waals surface area contributed by atoms with Crippen molar-refractivity contribution in [3.8, 4) is 0 Å². The molecule has 1 saturated heterocycles. The van der Waals surface area contributed by atoms with Crippen molar-refractivity contribution in [1.29, 1.82) is 0 Å². The van der Waals surface area contributed by atoms with Gasteiger partial charge in [0, 0.05) is 44.8 Å². The quantitative estimate of drug-likeness (QED) is 0.906. The number of amides is 1. The van der Waals surface area contributed by atoms with Crippen molar-refractivity contribution in [2.75, 3.05) is 26.7 Å². The van der Waals surface area contributed by atoms with E-state index in [0.29, 0.717) is 12.1 Å². The molecule has 1 amide bonds. The predicted molar refractivity (Wildman–Crippen MR) is 92.3 cm³/mol. The highest BCUT2D eigenvalue weighted by atomic mass is 19.1. The minimum absolute atomic E-state index is 0.0858. The topological polar surface area (TPSA) is 44.4 Å². The Morgan fingerprint density at radius 2 is 2.12 bits per heavy atom. The Bertz CT molecular complexity index is 719. The van der Waals surface area contributed by atoms with Crippen molar-refractivity contribution < 1.29 is 9.18 Å². The van der Waals surface area contributed by atoms with Crippen LogP contribution in [0.2, 0.25) is 0 Å². The fraction of sp³-hybridized carbons (Fsp3) is 0.316. The van der Waals surface area contributed by atoms with Gasteiger partial charge < -0.3 is 10.6 Å². The lowest BCUT2D eigenvalue weighted by atomic mass is 10.00. The minimum Gasteiger partial charge on any atom is -0.355 e. The summed E-state index contributed by atoms with van der Waals surface area (Å²) in [5, 5.41) is 6.07. The zero-order valence-electron chi connectivity index (χ0n) is 13.8. The van der Waals surface area contributed by atoms with Gasteiger partial charge in [0.2, 0.25) is 0 Å². The molecule has 0 bridgehead atoms. The van der Waals surface area contributed by atoms with Crippen LogP contribution in [0.4, 0.5) is 4.39 Å². The van der Waals surface area contributed by atoms with E-state index in [0.717, 1.165) is 30.8 Å². The van der Waals surface area contributed by atoms with E-state index in [1.54, 1.807) is 19.2 Å². The lowest BCUT2D eigenvalue weighted by Gasteiger charge is -2.36. The van der Waals surface area contributed by atoms with E-state index >= 15 is 0 Å². The summed E-state index contributed by atoms with van der Waals surface area (Å²) in [4.78, 5) is 14.2. The molecule has 4 nitrogen and oxygen atoms in total. The number of nitrogens with one attached hydrogen (secondary N) is 2. The second-order valence-corrected chi connectivity index (χ2v) is 6.02. The highest BCUT2D eigenvalue weighted by Gasteiger charge is 2.24. The second-order valence-electron chi connectivity index (χ2n) is 6.02. The Morgan fingerprint density at radius 1 is 1.29 bits per heavy atom. The first kappa shape index (κ1) is 16.6. The minimum atomic E-state index is -0.208. The fourth-order valence-corrected chi connectivity index (χ4v) is 3.17. The van der Waals surface area contributed by atoms with E-state index in [1.807, 2.05) is 30.3 Å². The first-order chi connectivity index (χ1) is 11.7. The molecule has 5 heteroatoms. The number of rotatable bonds is 4. The number of hydrogen-bond acceptors (Lipinski definition) is 3. The van der Waals surface area contributed by atoms with Gasteiger partial charge in [0.1, 0.15) is 5.82 Å². The first-order valence-corrected chi connectivity index (χ1v) is 8.18. The second kappa shape index (κ2) is 7.55. The largest absolute Gasteiger partial charge is 0.355 e. The summed E-state index contributed by atoms with van der Waals surface area (Å²) >= 11 is 0. The highest BCUT2D eigenvalue weighted by Crippen LogP contribution is 2.25. The normalized spacial score (nSPS) is 18.3. The van der Waals surface area contributed by atoms with Crippen LogP contribution in [0, 0.1) is 5.82 Å². The van der Waals surface area contributed by atoms with Gasteiger partial charge in [-0.25, -0.2) is 4.39 Å². The Kier molecular flexibility index (Phi) is 5.23. The third-order valence-electron chi connectivity index (χ3n) is 4.39. The molecular weight excluding hydrogens is 305 g/mol. The van der Waals surface area contributed by atoms with E-state index < -0.39 is 0 Å². The zero-order valence-corrected chi connectivity index (χ0v) is 13.8. The number of carbonyl (C=O) groups excluding carboxylic acids is 1. The van der Waals surface area contributed by atoms with E-state index in [9.17, 15) is 9.18 Å². The Hall–Kier alpha value is -2.24. The number of nitrogens with zero attached hydrogens (tertiary/aromatic N) is 1. The van der Waals surface area contributed by atoms with E-state index in [4.69, 9.17) is 0 Å². The summed E-state index contributed by atoms with van der Waals surface area (Å²) in [6.07, 6.45) is 0. The average Bonchev–Trinajstić information content (AvgIpc) is 2.61. The van der Waals surface area contributed by atoms with Gasteiger partial charge in [-0.05, 0) is 35.4 Å². The summed E-state index contributed by atoms with van der Waals surface area (Å²) in [7, 11) is 1.63. The van der Waals surface area contributed by atoms with Gasteiger partial charge in [-0.2, -0.15) is 0 Å². The summed E-state index contributed by atoms with van der Waals surface area (Å²) < 4.78 is 13.4. The van der Waals surface area contributed by atoms with Gasteiger partial charge >= 0.3 is 0 Å². The maximum absolute atomic E-state index is 13.4. The molecule has 0 aromatic heterocycles. The molecule has 2 aromatic rings. The standard InChI is InChI=1S/C19H22FN3O/c1-21-19(24)16-6-3-5-15(11-16)18-12-22-8-9-23(18)13-14-4-2-7-17(20)10-14/h2-7,10-11,18,22H,8-9,12-13H2,1H3,(H,21,24)/t18-/m0/s1. The molecule has 1 fully saturated rings. The summed E-state index contributed by atoms with van der Waals surface area (Å²) in [6, 6.07) is 14.6. The van der Waals surface area contributed by atoms with Crippen molar-refractivity contribution in [1.82, 2.24) is 15.5 Å². The van der Waals surface area contributed by atoms with Crippen LogP contribution in [-0.2, 0) is 6.54 Å². The molecule has 0 radical (unpaired) electrons. The summed E-state index contributed by atoms with van der Waals surface area (Å²) in [6.45, 7) is 3.28. The van der Waals surface area contributed by atoms with Crippen LogP contribution in [0.5, 0.6) is 0 Å². The average molecular weight is 327 g/mol. The highest BCUT2D eigenvalue weighted by molar-refractivity contribution is 5.94. The molecule has 1 aliphatic heterocycles. The molecule has 0 saturated carbocycles. The van der Waals surface area contributed by atoms with Crippen LogP contribution in [0.1, 0.15) is 27.5 Å². The molecule has 126 valence electrons.